The molecule has 6 nitrogen and oxygen atoms in total. The highest BCUT2D eigenvalue weighted by Crippen LogP contribution is 2.25. The summed E-state index contributed by atoms with van der Waals surface area (Å²) in [5.41, 5.74) is 7.63. The number of rotatable bonds is 6. The molecular formula is C13H16FN5O. The summed E-state index contributed by atoms with van der Waals surface area (Å²) in [6.45, 7) is 4.43. The fraction of sp³-hybridized carbons (Fsp3) is 0.308. The van der Waals surface area contributed by atoms with Crippen LogP contribution >= 0.6 is 0 Å². The van der Waals surface area contributed by atoms with Gasteiger partial charge in [-0.2, -0.15) is 10.4 Å². The summed E-state index contributed by atoms with van der Waals surface area (Å²) in [6.07, 6.45) is 0. The molecule has 106 valence electrons. The number of benzene rings is 1. The second-order valence-corrected chi connectivity index (χ2v) is 4.44. The van der Waals surface area contributed by atoms with Crippen molar-refractivity contribution in [2.45, 2.75) is 13.8 Å². The van der Waals surface area contributed by atoms with Crippen molar-refractivity contribution < 1.29 is 9.13 Å². The fourth-order valence-corrected chi connectivity index (χ4v) is 1.23. The summed E-state index contributed by atoms with van der Waals surface area (Å²) in [6, 6.07) is 5.58. The Balaban J connectivity index is 2.95. The van der Waals surface area contributed by atoms with E-state index in [1.807, 2.05) is 13.8 Å². The molecule has 0 unspecified atom stereocenters. The van der Waals surface area contributed by atoms with Gasteiger partial charge in [0.15, 0.2) is 5.84 Å². The van der Waals surface area contributed by atoms with Crippen LogP contribution in [-0.4, -0.2) is 18.2 Å². The number of amidine groups is 1. The third-order valence-corrected chi connectivity index (χ3v) is 2.16. The lowest BCUT2D eigenvalue weighted by molar-refractivity contribution is 0.272. The summed E-state index contributed by atoms with van der Waals surface area (Å²) in [5, 5.41) is 19.5. The van der Waals surface area contributed by atoms with Gasteiger partial charge >= 0.3 is 0 Å². The van der Waals surface area contributed by atoms with Crippen molar-refractivity contribution in [3.05, 3.63) is 24.0 Å². The lowest BCUT2D eigenvalue weighted by Crippen LogP contribution is -2.22. The van der Waals surface area contributed by atoms with E-state index in [1.54, 1.807) is 6.07 Å². The monoisotopic (exact) mass is 277 g/mol. The number of nitrogens with one attached hydrogen (secondary N) is 2. The molecule has 4 N–H and O–H groups in total. The largest absolute Gasteiger partial charge is 0.491 e. The van der Waals surface area contributed by atoms with Crippen LogP contribution in [0.1, 0.15) is 13.8 Å². The molecule has 0 fully saturated rings. The van der Waals surface area contributed by atoms with Gasteiger partial charge < -0.3 is 10.5 Å². The smallest absolute Gasteiger partial charge is 0.201 e. The molecule has 0 saturated carbocycles. The van der Waals surface area contributed by atoms with Crippen LogP contribution in [0.4, 0.5) is 10.1 Å². The van der Waals surface area contributed by atoms with E-state index >= 15 is 0 Å². The Kier molecular flexibility index (Phi) is 5.47. The maximum absolute atomic E-state index is 13.2. The van der Waals surface area contributed by atoms with E-state index in [0.717, 1.165) is 0 Å². The van der Waals surface area contributed by atoms with Crippen molar-refractivity contribution in [2.75, 3.05) is 12.0 Å². The molecule has 0 amide bonds. The molecular weight excluding hydrogens is 261 g/mol. The zero-order valence-corrected chi connectivity index (χ0v) is 11.3. The number of hydrogen-bond donors (Lipinski definition) is 3. The van der Waals surface area contributed by atoms with Crippen molar-refractivity contribution in [1.82, 2.24) is 0 Å². The molecule has 0 aliphatic heterocycles. The van der Waals surface area contributed by atoms with Gasteiger partial charge in [0.1, 0.15) is 23.3 Å². The molecule has 1 rings (SSSR count). The number of nitrogens with zero attached hydrogens (tertiary/aromatic N) is 2. The molecule has 0 heterocycles. The second-order valence-electron chi connectivity index (χ2n) is 4.44. The topological polar surface area (TPSA) is 107 Å². The SMILES string of the molecule is CC(C)COc1ccc(F)cc1N/N=C(\C#N)C(=N)N. The van der Waals surface area contributed by atoms with Crippen LogP contribution in [0.3, 0.4) is 0 Å². The zero-order chi connectivity index (χ0) is 15.1. The predicted molar refractivity (Wildman–Crippen MR) is 75.3 cm³/mol. The lowest BCUT2D eigenvalue weighted by Gasteiger charge is -2.12. The van der Waals surface area contributed by atoms with Gasteiger partial charge in [0, 0.05) is 6.07 Å². The minimum Gasteiger partial charge on any atom is -0.491 e. The molecule has 1 aromatic rings. The summed E-state index contributed by atoms with van der Waals surface area (Å²) < 4.78 is 18.7. The van der Waals surface area contributed by atoms with Gasteiger partial charge in [-0.15, -0.1) is 0 Å². The number of nitriles is 1. The van der Waals surface area contributed by atoms with Crippen LogP contribution in [0.2, 0.25) is 0 Å². The summed E-state index contributed by atoms with van der Waals surface area (Å²) in [4.78, 5) is 0. The zero-order valence-electron chi connectivity index (χ0n) is 11.3. The van der Waals surface area contributed by atoms with Crippen LogP contribution in [0.15, 0.2) is 23.3 Å². The highest BCUT2D eigenvalue weighted by atomic mass is 19.1. The van der Waals surface area contributed by atoms with E-state index in [2.05, 4.69) is 10.5 Å². The minimum absolute atomic E-state index is 0.264. The van der Waals surface area contributed by atoms with E-state index in [1.165, 1.54) is 18.2 Å². The predicted octanol–water partition coefficient (Wildman–Crippen LogP) is 2.09. The number of anilines is 1. The normalized spacial score (nSPS) is 11.1. The van der Waals surface area contributed by atoms with Crippen LogP contribution in [0.25, 0.3) is 0 Å². The van der Waals surface area contributed by atoms with Gasteiger partial charge in [-0.3, -0.25) is 10.8 Å². The Morgan fingerprint density at radius 2 is 2.30 bits per heavy atom. The molecule has 0 saturated heterocycles. The van der Waals surface area contributed by atoms with Crippen molar-refractivity contribution in [1.29, 1.82) is 10.7 Å². The first kappa shape index (κ1) is 15.4. The van der Waals surface area contributed by atoms with Crippen molar-refractivity contribution >= 4 is 17.2 Å². The standard InChI is InChI=1S/C13H16FN5O/c1-8(2)7-20-12-4-3-9(14)5-10(12)18-19-11(6-15)13(16)17/h3-5,8,18H,7H2,1-2H3,(H3,16,17)/b19-11+. The third kappa shape index (κ3) is 4.57. The quantitative estimate of drug-likeness (QED) is 0.420. The third-order valence-electron chi connectivity index (χ3n) is 2.16. The molecule has 0 aromatic heterocycles. The van der Waals surface area contributed by atoms with Gasteiger partial charge in [-0.05, 0) is 18.1 Å². The molecule has 0 spiro atoms. The molecule has 0 aliphatic carbocycles. The average Bonchev–Trinajstić information content (AvgIpc) is 2.37. The first-order valence-corrected chi connectivity index (χ1v) is 5.94. The number of ether oxygens (including phenoxy) is 1. The van der Waals surface area contributed by atoms with E-state index in [4.69, 9.17) is 21.1 Å². The van der Waals surface area contributed by atoms with Gasteiger partial charge in [-0.1, -0.05) is 13.8 Å². The van der Waals surface area contributed by atoms with Gasteiger partial charge in [-0.25, -0.2) is 4.39 Å². The van der Waals surface area contributed by atoms with E-state index < -0.39 is 11.7 Å². The maximum atomic E-state index is 13.2. The Labute approximate surface area is 116 Å². The van der Waals surface area contributed by atoms with Gasteiger partial charge in [0.2, 0.25) is 5.71 Å². The average molecular weight is 277 g/mol. The second kappa shape index (κ2) is 7.09. The van der Waals surface area contributed by atoms with E-state index in [-0.39, 0.29) is 11.4 Å². The van der Waals surface area contributed by atoms with Crippen LogP contribution in [0, 0.1) is 28.5 Å². The highest BCUT2D eigenvalue weighted by molar-refractivity contribution is 6.45. The van der Waals surface area contributed by atoms with Crippen LogP contribution < -0.4 is 15.9 Å². The maximum Gasteiger partial charge on any atom is 0.201 e. The Morgan fingerprint density at radius 1 is 1.60 bits per heavy atom. The van der Waals surface area contributed by atoms with E-state index in [9.17, 15) is 4.39 Å². The molecule has 7 heteroatoms. The minimum atomic E-state index is -0.471. The molecule has 0 bridgehead atoms. The molecule has 20 heavy (non-hydrogen) atoms. The molecule has 1 aromatic carbocycles. The van der Waals surface area contributed by atoms with Crippen molar-refractivity contribution in [3.63, 3.8) is 0 Å². The van der Waals surface area contributed by atoms with Gasteiger partial charge in [0.05, 0.1) is 6.61 Å². The van der Waals surface area contributed by atoms with Crippen molar-refractivity contribution in [3.8, 4) is 11.8 Å². The summed E-state index contributed by atoms with van der Waals surface area (Å²) in [5.74, 6) is -0.227. The first-order chi connectivity index (χ1) is 9.43. The Morgan fingerprint density at radius 3 is 2.85 bits per heavy atom. The molecule has 0 atom stereocenters. The fourth-order valence-electron chi connectivity index (χ4n) is 1.23. The van der Waals surface area contributed by atoms with Crippen molar-refractivity contribution in [2.24, 2.45) is 16.8 Å². The van der Waals surface area contributed by atoms with Crippen LogP contribution in [-0.2, 0) is 0 Å². The highest BCUT2D eigenvalue weighted by Gasteiger charge is 2.07. The Bertz CT molecular complexity index is 562. The summed E-state index contributed by atoms with van der Waals surface area (Å²) >= 11 is 0. The first-order valence-electron chi connectivity index (χ1n) is 5.94. The van der Waals surface area contributed by atoms with Crippen LogP contribution in [0.5, 0.6) is 5.75 Å². The Hall–Kier alpha value is -2.62. The number of nitrogens with two attached hydrogens (primary N) is 1. The molecule has 0 radical (unpaired) electrons. The lowest BCUT2D eigenvalue weighted by atomic mass is 10.2. The number of hydrogen-bond acceptors (Lipinski definition) is 5. The summed E-state index contributed by atoms with van der Waals surface area (Å²) in [7, 11) is 0. The van der Waals surface area contributed by atoms with E-state index in [0.29, 0.717) is 18.3 Å². The molecule has 0 aliphatic rings. The number of halogens is 1. The van der Waals surface area contributed by atoms with Gasteiger partial charge in [0.25, 0.3) is 0 Å². The number of hydrazone groups is 1.